The van der Waals surface area contributed by atoms with E-state index >= 15 is 0 Å². The number of carbonyl (C=O) groups is 2. The van der Waals surface area contributed by atoms with Crippen LogP contribution in [0.4, 0.5) is 5.69 Å². The van der Waals surface area contributed by atoms with Gasteiger partial charge < -0.3 is 10.2 Å². The van der Waals surface area contributed by atoms with Crippen molar-refractivity contribution in [3.8, 4) is 0 Å². The van der Waals surface area contributed by atoms with E-state index in [2.05, 4.69) is 15.5 Å². The fourth-order valence-electron chi connectivity index (χ4n) is 3.82. The Morgan fingerprint density at radius 3 is 2.78 bits per heavy atom. The summed E-state index contributed by atoms with van der Waals surface area (Å²) in [6, 6.07) is 9.15. The van der Waals surface area contributed by atoms with Crippen molar-refractivity contribution in [3.05, 3.63) is 47.8 Å². The van der Waals surface area contributed by atoms with Gasteiger partial charge in [-0.05, 0) is 37.3 Å². The van der Waals surface area contributed by atoms with Crippen LogP contribution in [0.3, 0.4) is 0 Å². The summed E-state index contributed by atoms with van der Waals surface area (Å²) in [5.74, 6) is 1.08. The summed E-state index contributed by atoms with van der Waals surface area (Å²) in [6.07, 6.45) is 7.89. The highest BCUT2D eigenvalue weighted by molar-refractivity contribution is 6.04. The van der Waals surface area contributed by atoms with Gasteiger partial charge in [0.2, 0.25) is 5.91 Å². The van der Waals surface area contributed by atoms with E-state index in [1.54, 1.807) is 18.3 Å². The highest BCUT2D eigenvalue weighted by Gasteiger charge is 2.29. The third-order valence-electron chi connectivity index (χ3n) is 5.60. The lowest BCUT2D eigenvalue weighted by Gasteiger charge is -2.32. The third-order valence-corrected chi connectivity index (χ3v) is 5.60. The molecule has 2 amide bonds. The number of hydrogen-bond donors (Lipinski definition) is 2. The van der Waals surface area contributed by atoms with Gasteiger partial charge in [-0.15, -0.1) is 0 Å². The number of anilines is 1. The molecule has 2 aromatic rings. The minimum Gasteiger partial charge on any atom is -0.342 e. The molecular formula is C21H26N4O2. The quantitative estimate of drug-likeness (QED) is 0.820. The van der Waals surface area contributed by atoms with Crippen molar-refractivity contribution in [2.45, 2.75) is 44.4 Å². The van der Waals surface area contributed by atoms with Crippen molar-refractivity contribution in [3.63, 3.8) is 0 Å². The van der Waals surface area contributed by atoms with E-state index in [-0.39, 0.29) is 17.7 Å². The first kappa shape index (κ1) is 17.8. The van der Waals surface area contributed by atoms with E-state index in [4.69, 9.17) is 0 Å². The fourth-order valence-corrected chi connectivity index (χ4v) is 3.82. The number of rotatable bonds is 6. The normalized spacial score (nSPS) is 19.7. The van der Waals surface area contributed by atoms with Gasteiger partial charge in [-0.1, -0.05) is 31.0 Å². The van der Waals surface area contributed by atoms with E-state index in [1.165, 1.54) is 12.8 Å². The molecule has 6 heteroatoms. The summed E-state index contributed by atoms with van der Waals surface area (Å²) in [6.45, 7) is 1.53. The van der Waals surface area contributed by atoms with E-state index < -0.39 is 0 Å². The Labute approximate surface area is 159 Å². The van der Waals surface area contributed by atoms with Crippen LogP contribution in [0.5, 0.6) is 0 Å². The minimum absolute atomic E-state index is 0.147. The van der Waals surface area contributed by atoms with Crippen LogP contribution in [0.2, 0.25) is 0 Å². The van der Waals surface area contributed by atoms with Crippen molar-refractivity contribution < 1.29 is 9.59 Å². The average molecular weight is 366 g/mol. The molecule has 2 aliphatic rings. The summed E-state index contributed by atoms with van der Waals surface area (Å²) in [5.41, 5.74) is 2.24. The SMILES string of the molecule is O=C(Nc1cn[nH]c1[C@@H]1CCCN(C(=O)CCC2CC2)C1)c1ccccc1. The smallest absolute Gasteiger partial charge is 0.255 e. The molecule has 0 bridgehead atoms. The minimum atomic E-state index is -0.147. The average Bonchev–Trinajstić information content (AvgIpc) is 3.43. The summed E-state index contributed by atoms with van der Waals surface area (Å²) < 4.78 is 0. The molecule has 1 atom stereocenters. The first-order chi connectivity index (χ1) is 13.2. The lowest BCUT2D eigenvalue weighted by atomic mass is 9.93. The molecule has 0 radical (unpaired) electrons. The molecule has 0 unspecified atom stereocenters. The molecule has 1 aromatic heterocycles. The standard InChI is InChI=1S/C21H26N4O2/c26-19(11-10-15-8-9-15)25-12-4-7-17(14-25)20-18(13-22-24-20)23-21(27)16-5-2-1-3-6-16/h1-3,5-6,13,15,17H,4,7-12,14H2,(H,22,24)(H,23,27)/t17-/m1/s1. The van der Waals surface area contributed by atoms with Gasteiger partial charge in [0.15, 0.2) is 0 Å². The van der Waals surface area contributed by atoms with Crippen molar-refractivity contribution in [2.75, 3.05) is 18.4 Å². The van der Waals surface area contributed by atoms with E-state index in [1.807, 2.05) is 23.1 Å². The Morgan fingerprint density at radius 1 is 1.19 bits per heavy atom. The largest absolute Gasteiger partial charge is 0.342 e. The van der Waals surface area contributed by atoms with Gasteiger partial charge in [0.05, 0.1) is 17.6 Å². The molecule has 1 aromatic carbocycles. The Kier molecular flexibility index (Phi) is 5.23. The number of hydrogen-bond acceptors (Lipinski definition) is 3. The molecule has 142 valence electrons. The Balaban J connectivity index is 1.40. The van der Waals surface area contributed by atoms with Crippen LogP contribution in [0.25, 0.3) is 0 Å². The van der Waals surface area contributed by atoms with E-state index in [9.17, 15) is 9.59 Å². The van der Waals surface area contributed by atoms with Gasteiger partial charge in [-0.2, -0.15) is 5.10 Å². The number of aromatic nitrogens is 2. The topological polar surface area (TPSA) is 78.1 Å². The first-order valence-corrected chi connectivity index (χ1v) is 9.88. The van der Waals surface area contributed by atoms with Gasteiger partial charge in [0.1, 0.15) is 0 Å². The molecule has 2 fully saturated rings. The third kappa shape index (κ3) is 4.38. The molecule has 4 rings (SSSR count). The monoisotopic (exact) mass is 366 g/mol. The number of carbonyl (C=O) groups excluding carboxylic acids is 2. The molecule has 2 heterocycles. The van der Waals surface area contributed by atoms with Gasteiger partial charge in [-0.25, -0.2) is 0 Å². The summed E-state index contributed by atoms with van der Waals surface area (Å²) in [4.78, 5) is 27.0. The number of benzene rings is 1. The number of nitrogens with zero attached hydrogens (tertiary/aromatic N) is 2. The molecule has 2 N–H and O–H groups in total. The van der Waals surface area contributed by atoms with E-state index in [0.29, 0.717) is 24.2 Å². The Morgan fingerprint density at radius 2 is 2.00 bits per heavy atom. The van der Waals surface area contributed by atoms with Crippen molar-refractivity contribution >= 4 is 17.5 Å². The highest BCUT2D eigenvalue weighted by atomic mass is 16.2. The summed E-state index contributed by atoms with van der Waals surface area (Å²) >= 11 is 0. The fraction of sp³-hybridized carbons (Fsp3) is 0.476. The van der Waals surface area contributed by atoms with Crippen molar-refractivity contribution in [1.82, 2.24) is 15.1 Å². The number of H-pyrrole nitrogens is 1. The molecule has 27 heavy (non-hydrogen) atoms. The van der Waals surface area contributed by atoms with Crippen LogP contribution in [-0.2, 0) is 4.79 Å². The predicted molar refractivity (Wildman–Crippen MR) is 103 cm³/mol. The second kappa shape index (κ2) is 7.94. The van der Waals surface area contributed by atoms with Crippen LogP contribution in [0, 0.1) is 5.92 Å². The van der Waals surface area contributed by atoms with Crippen LogP contribution in [-0.4, -0.2) is 40.0 Å². The summed E-state index contributed by atoms with van der Waals surface area (Å²) in [5, 5.41) is 10.1. The van der Waals surface area contributed by atoms with Crippen LogP contribution in [0.15, 0.2) is 36.5 Å². The number of amides is 2. The number of piperidine rings is 1. The van der Waals surface area contributed by atoms with Gasteiger partial charge in [-0.3, -0.25) is 14.7 Å². The van der Waals surface area contributed by atoms with Gasteiger partial charge >= 0.3 is 0 Å². The van der Waals surface area contributed by atoms with Gasteiger partial charge in [0.25, 0.3) is 5.91 Å². The number of aromatic amines is 1. The molecule has 0 spiro atoms. The molecule has 1 saturated heterocycles. The van der Waals surface area contributed by atoms with Crippen molar-refractivity contribution in [1.29, 1.82) is 0 Å². The molecule has 1 aliphatic heterocycles. The maximum absolute atomic E-state index is 12.5. The molecule has 6 nitrogen and oxygen atoms in total. The zero-order valence-electron chi connectivity index (χ0n) is 15.5. The van der Waals surface area contributed by atoms with E-state index in [0.717, 1.165) is 37.4 Å². The highest BCUT2D eigenvalue weighted by Crippen LogP contribution is 2.35. The zero-order chi connectivity index (χ0) is 18.6. The van der Waals surface area contributed by atoms with Crippen LogP contribution < -0.4 is 5.32 Å². The van der Waals surface area contributed by atoms with Gasteiger partial charge in [0, 0.05) is 31.0 Å². The van der Waals surface area contributed by atoms with Crippen LogP contribution >= 0.6 is 0 Å². The lowest BCUT2D eigenvalue weighted by Crippen LogP contribution is -2.39. The molecular weight excluding hydrogens is 340 g/mol. The number of nitrogens with one attached hydrogen (secondary N) is 2. The Hall–Kier alpha value is -2.63. The zero-order valence-corrected chi connectivity index (χ0v) is 15.5. The molecule has 1 aliphatic carbocycles. The summed E-state index contributed by atoms with van der Waals surface area (Å²) in [7, 11) is 0. The number of likely N-dealkylation sites (tertiary alicyclic amines) is 1. The maximum Gasteiger partial charge on any atom is 0.255 e. The predicted octanol–water partition coefficient (Wildman–Crippen LogP) is 3.56. The molecule has 1 saturated carbocycles. The Bertz CT molecular complexity index is 798. The van der Waals surface area contributed by atoms with Crippen LogP contribution in [0.1, 0.15) is 60.5 Å². The second-order valence-corrected chi connectivity index (χ2v) is 7.68. The maximum atomic E-state index is 12.5. The first-order valence-electron chi connectivity index (χ1n) is 9.88. The second-order valence-electron chi connectivity index (χ2n) is 7.68. The van der Waals surface area contributed by atoms with Crippen molar-refractivity contribution in [2.24, 2.45) is 5.92 Å². The lowest BCUT2D eigenvalue weighted by molar-refractivity contribution is -0.132.